The Morgan fingerprint density at radius 1 is 0.923 bits per heavy atom. The monoisotopic (exact) mass is 738 g/mol. The number of nitrogens with one attached hydrogen (secondary N) is 1. The first kappa shape index (κ1) is 37.5. The number of aromatic nitrogens is 3. The molecule has 1 fully saturated rings. The Morgan fingerprint density at radius 2 is 1.65 bits per heavy atom. The number of aryl methyl sites for hydroxylation is 1. The lowest BCUT2D eigenvalue weighted by atomic mass is 9.91. The average molecular weight is 739 g/mol. The molecular weight excluding hydrogens is 697 g/mol. The number of hydrogen-bond acceptors (Lipinski definition) is 8. The van der Waals surface area contributed by atoms with E-state index in [0.29, 0.717) is 41.5 Å². The SMILES string of the molecule is COc1nc(-c2cccc(-c3cccc4c3CC[C@@H]4Cc3nc(OC)c(CCCC(=O)O)nc3C(F)(F)F)c2Cl)ccc1CN[C@@H]1CCCC[C@@H]1O. The van der Waals surface area contributed by atoms with Crippen molar-refractivity contribution in [2.45, 2.75) is 95.0 Å². The van der Waals surface area contributed by atoms with Crippen LogP contribution in [0, 0.1) is 0 Å². The molecule has 0 amide bonds. The standard InChI is InChI=1S/C39H42ClF3N4O5/c1-51-37-23(21-44-30-12-3-4-14-33(30)48)17-19-29(46-37)28-11-6-10-27(35(28)40)25-9-5-8-24-22(16-18-26(24)25)20-32-36(39(41,42)43)45-31(38(47-32)52-2)13-7-15-34(49)50/h5-6,8-11,17,19,22,30,33,44,48H,3-4,7,12-16,18,20-21H2,1-2H3,(H,49,50)/t22-,30-,33+/m1/s1. The highest BCUT2D eigenvalue weighted by Gasteiger charge is 2.39. The van der Waals surface area contributed by atoms with Crippen LogP contribution in [0.3, 0.4) is 0 Å². The summed E-state index contributed by atoms with van der Waals surface area (Å²) < 4.78 is 53.9. The van der Waals surface area contributed by atoms with Gasteiger partial charge >= 0.3 is 12.1 Å². The van der Waals surface area contributed by atoms with Crippen LogP contribution in [0.15, 0.2) is 48.5 Å². The van der Waals surface area contributed by atoms with Gasteiger partial charge in [0.2, 0.25) is 11.8 Å². The number of pyridine rings is 1. The largest absolute Gasteiger partial charge is 0.481 e. The number of aliphatic carboxylic acids is 1. The van der Waals surface area contributed by atoms with E-state index in [-0.39, 0.29) is 61.0 Å². The molecule has 2 aliphatic carbocycles. The predicted octanol–water partition coefficient (Wildman–Crippen LogP) is 7.97. The molecule has 2 aliphatic rings. The van der Waals surface area contributed by atoms with Crippen molar-refractivity contribution in [3.05, 3.63) is 87.3 Å². The molecular formula is C39H42ClF3N4O5. The van der Waals surface area contributed by atoms with Gasteiger partial charge in [-0.25, -0.2) is 15.0 Å². The first-order valence-corrected chi connectivity index (χ1v) is 17.9. The van der Waals surface area contributed by atoms with E-state index >= 15 is 0 Å². The highest BCUT2D eigenvalue weighted by Crippen LogP contribution is 2.45. The summed E-state index contributed by atoms with van der Waals surface area (Å²) in [6.45, 7) is 0.503. The van der Waals surface area contributed by atoms with Crippen LogP contribution in [0.4, 0.5) is 13.2 Å². The maximum atomic E-state index is 14.3. The Bertz CT molecular complexity index is 1920. The Labute approximate surface area is 305 Å². The van der Waals surface area contributed by atoms with Crippen molar-refractivity contribution >= 4 is 17.6 Å². The van der Waals surface area contributed by atoms with Crippen LogP contribution in [0.2, 0.25) is 5.02 Å². The molecule has 13 heteroatoms. The number of hydrogen-bond donors (Lipinski definition) is 3. The molecule has 3 N–H and O–H groups in total. The number of carboxylic acid groups (broad SMARTS) is 1. The van der Waals surface area contributed by atoms with Crippen molar-refractivity contribution in [1.82, 2.24) is 20.3 Å². The molecule has 9 nitrogen and oxygen atoms in total. The molecule has 276 valence electrons. The van der Waals surface area contributed by atoms with Crippen molar-refractivity contribution < 1.29 is 37.7 Å². The van der Waals surface area contributed by atoms with Gasteiger partial charge in [-0.15, -0.1) is 0 Å². The molecule has 2 aromatic heterocycles. The van der Waals surface area contributed by atoms with Gasteiger partial charge in [0.15, 0.2) is 5.69 Å². The number of nitrogens with zero attached hydrogens (tertiary/aromatic N) is 3. The fourth-order valence-corrected chi connectivity index (χ4v) is 7.81. The Morgan fingerprint density at radius 3 is 2.38 bits per heavy atom. The third-order valence-electron chi connectivity index (χ3n) is 10.1. The Hall–Kier alpha value is -4.26. The van der Waals surface area contributed by atoms with Crippen LogP contribution in [-0.2, 0) is 36.8 Å². The van der Waals surface area contributed by atoms with Crippen molar-refractivity contribution in [2.75, 3.05) is 14.2 Å². The second-order valence-corrected chi connectivity index (χ2v) is 13.8. The lowest BCUT2D eigenvalue weighted by Gasteiger charge is -2.28. The molecule has 6 rings (SSSR count). The molecule has 0 spiro atoms. The molecule has 2 aromatic carbocycles. The van der Waals surface area contributed by atoms with Crippen LogP contribution < -0.4 is 14.8 Å². The molecule has 0 bridgehead atoms. The zero-order valence-corrected chi connectivity index (χ0v) is 29.9. The fourth-order valence-electron chi connectivity index (χ4n) is 7.49. The minimum absolute atomic E-state index is 0.00244. The van der Waals surface area contributed by atoms with Gasteiger partial charge in [0.1, 0.15) is 5.69 Å². The molecule has 1 saturated carbocycles. The molecule has 0 aliphatic heterocycles. The highest BCUT2D eigenvalue weighted by molar-refractivity contribution is 6.36. The van der Waals surface area contributed by atoms with Crippen molar-refractivity contribution in [3.63, 3.8) is 0 Å². The van der Waals surface area contributed by atoms with Crippen LogP contribution in [0.5, 0.6) is 11.8 Å². The number of rotatable bonds is 13. The lowest BCUT2D eigenvalue weighted by molar-refractivity contribution is -0.142. The number of halogens is 4. The van der Waals surface area contributed by atoms with Gasteiger partial charge in [-0.05, 0) is 73.6 Å². The van der Waals surface area contributed by atoms with E-state index in [2.05, 4.69) is 15.3 Å². The zero-order chi connectivity index (χ0) is 37.0. The van der Waals surface area contributed by atoms with Crippen LogP contribution >= 0.6 is 11.6 Å². The van der Waals surface area contributed by atoms with Crippen molar-refractivity contribution in [2.24, 2.45) is 0 Å². The topological polar surface area (TPSA) is 127 Å². The number of methoxy groups -OCH3 is 2. The van der Waals surface area contributed by atoms with Crippen molar-refractivity contribution in [1.29, 1.82) is 0 Å². The maximum Gasteiger partial charge on any atom is 0.435 e. The summed E-state index contributed by atoms with van der Waals surface area (Å²) in [5, 5.41) is 23.3. The third-order valence-corrected chi connectivity index (χ3v) is 10.5. The highest BCUT2D eigenvalue weighted by atomic mass is 35.5. The van der Waals surface area contributed by atoms with E-state index in [1.807, 2.05) is 48.5 Å². The van der Waals surface area contributed by atoms with Crippen molar-refractivity contribution in [3.8, 4) is 34.1 Å². The van der Waals surface area contributed by atoms with E-state index < -0.39 is 17.8 Å². The van der Waals surface area contributed by atoms with Crippen LogP contribution in [0.25, 0.3) is 22.4 Å². The first-order chi connectivity index (χ1) is 25.0. The number of aliphatic hydroxyl groups excluding tert-OH is 1. The smallest absolute Gasteiger partial charge is 0.435 e. The van der Waals surface area contributed by atoms with E-state index in [1.54, 1.807) is 7.11 Å². The predicted molar refractivity (Wildman–Crippen MR) is 191 cm³/mol. The van der Waals surface area contributed by atoms with Gasteiger partial charge in [0.05, 0.1) is 36.7 Å². The summed E-state index contributed by atoms with van der Waals surface area (Å²) in [5.41, 5.74) is 4.56. The number of carboxylic acids is 1. The summed E-state index contributed by atoms with van der Waals surface area (Å²) in [6.07, 6.45) is -0.141. The van der Waals surface area contributed by atoms with Gasteiger partial charge in [-0.2, -0.15) is 13.2 Å². The van der Waals surface area contributed by atoms with E-state index in [0.717, 1.165) is 53.5 Å². The number of aliphatic hydroxyl groups is 1. The second-order valence-electron chi connectivity index (χ2n) is 13.4. The minimum atomic E-state index is -4.75. The summed E-state index contributed by atoms with van der Waals surface area (Å²) in [4.78, 5) is 24.0. The Kier molecular flexibility index (Phi) is 11.7. The van der Waals surface area contributed by atoms with Crippen LogP contribution in [0.1, 0.15) is 84.6 Å². The summed E-state index contributed by atoms with van der Waals surface area (Å²) in [6, 6.07) is 15.4. The van der Waals surface area contributed by atoms with Gasteiger partial charge < -0.3 is 25.0 Å². The normalized spacial score (nSPS) is 18.6. The molecule has 0 unspecified atom stereocenters. The van der Waals surface area contributed by atoms with E-state index in [1.165, 1.54) is 7.11 Å². The van der Waals surface area contributed by atoms with Gasteiger partial charge in [-0.3, -0.25) is 4.79 Å². The van der Waals surface area contributed by atoms with E-state index in [4.69, 9.17) is 31.2 Å². The number of carbonyl (C=O) groups is 1. The molecule has 4 aromatic rings. The maximum absolute atomic E-state index is 14.3. The molecule has 52 heavy (non-hydrogen) atoms. The summed E-state index contributed by atoms with van der Waals surface area (Å²) in [5.74, 6) is -0.858. The Balaban J connectivity index is 1.26. The third kappa shape index (κ3) is 8.19. The van der Waals surface area contributed by atoms with Gasteiger partial charge in [-0.1, -0.05) is 66.9 Å². The lowest BCUT2D eigenvalue weighted by Crippen LogP contribution is -2.41. The zero-order valence-electron chi connectivity index (χ0n) is 29.1. The second kappa shape index (κ2) is 16.2. The number of alkyl halides is 3. The minimum Gasteiger partial charge on any atom is -0.481 e. The molecule has 3 atom stereocenters. The molecule has 0 saturated heterocycles. The average Bonchev–Trinajstić information content (AvgIpc) is 3.54. The fraction of sp³-hybridized carbons (Fsp3) is 0.436. The summed E-state index contributed by atoms with van der Waals surface area (Å²) in [7, 11) is 2.89. The number of benzene rings is 2. The number of ether oxygens (including phenoxy) is 2. The van der Waals surface area contributed by atoms with Crippen LogP contribution in [-0.4, -0.2) is 57.5 Å². The number of fused-ring (bicyclic) bond motifs is 1. The quantitative estimate of drug-likeness (QED) is 0.125. The molecule has 0 radical (unpaired) electrons. The first-order valence-electron chi connectivity index (χ1n) is 17.6. The summed E-state index contributed by atoms with van der Waals surface area (Å²) >= 11 is 7.12. The van der Waals surface area contributed by atoms with E-state index in [9.17, 15) is 23.1 Å². The molecule has 2 heterocycles. The van der Waals surface area contributed by atoms with Gasteiger partial charge in [0, 0.05) is 35.7 Å². The van der Waals surface area contributed by atoms with Gasteiger partial charge in [0.25, 0.3) is 0 Å².